The van der Waals surface area contributed by atoms with E-state index in [4.69, 9.17) is 10.5 Å². The maximum absolute atomic E-state index is 6.00. The van der Waals surface area contributed by atoms with E-state index < -0.39 is 0 Å². The van der Waals surface area contributed by atoms with Gasteiger partial charge < -0.3 is 10.5 Å². The maximum atomic E-state index is 6.00. The summed E-state index contributed by atoms with van der Waals surface area (Å²) in [5.74, 6) is 1.33. The highest BCUT2D eigenvalue weighted by Gasteiger charge is 2.10. The average molecular weight is 325 g/mol. The molecule has 0 aliphatic rings. The Morgan fingerprint density at radius 3 is 2.25 bits per heavy atom. The van der Waals surface area contributed by atoms with Crippen LogP contribution in [0.3, 0.4) is 0 Å². The van der Waals surface area contributed by atoms with Crippen LogP contribution >= 0.6 is 0 Å². The lowest BCUT2D eigenvalue weighted by atomic mass is 9.91. The first-order valence-electron chi connectivity index (χ1n) is 9.21. The first-order valence-corrected chi connectivity index (χ1v) is 9.21. The topological polar surface area (TPSA) is 35.2 Å². The number of ether oxygens (including phenoxy) is 1. The molecule has 0 aliphatic heterocycles. The highest BCUT2D eigenvalue weighted by atomic mass is 16.5. The molecule has 0 amide bonds. The molecule has 0 saturated heterocycles. The third-order valence-electron chi connectivity index (χ3n) is 4.51. The lowest BCUT2D eigenvalue weighted by Gasteiger charge is -2.16. The van der Waals surface area contributed by atoms with Gasteiger partial charge in [-0.2, -0.15) is 0 Å². The van der Waals surface area contributed by atoms with Gasteiger partial charge in [-0.1, -0.05) is 68.1 Å². The number of rotatable bonds is 10. The van der Waals surface area contributed by atoms with E-state index in [0.29, 0.717) is 12.5 Å². The molecule has 0 heterocycles. The number of benzene rings is 2. The molecular formula is C22H31NO. The van der Waals surface area contributed by atoms with Gasteiger partial charge in [0.2, 0.25) is 0 Å². The zero-order valence-electron chi connectivity index (χ0n) is 15.1. The van der Waals surface area contributed by atoms with E-state index in [9.17, 15) is 0 Å². The van der Waals surface area contributed by atoms with Crippen LogP contribution in [0.4, 0.5) is 0 Å². The third-order valence-corrected chi connectivity index (χ3v) is 4.51. The minimum atomic E-state index is 0.367. The van der Waals surface area contributed by atoms with Crippen LogP contribution in [0.5, 0.6) is 5.75 Å². The molecule has 1 atom stereocenters. The van der Waals surface area contributed by atoms with Crippen LogP contribution in [0.15, 0.2) is 48.5 Å². The van der Waals surface area contributed by atoms with Crippen molar-refractivity contribution in [2.75, 3.05) is 13.2 Å². The molecular weight excluding hydrogens is 294 g/mol. The van der Waals surface area contributed by atoms with E-state index in [-0.39, 0.29) is 0 Å². The molecule has 2 nitrogen and oxygen atoms in total. The molecule has 2 aromatic carbocycles. The Labute approximate surface area is 147 Å². The van der Waals surface area contributed by atoms with Crippen molar-refractivity contribution in [2.45, 2.75) is 51.9 Å². The number of hydrogen-bond acceptors (Lipinski definition) is 2. The summed E-state index contributed by atoms with van der Waals surface area (Å²) in [6.07, 6.45) is 5.91. The van der Waals surface area contributed by atoms with Gasteiger partial charge in [0.05, 0.1) is 6.61 Å². The summed E-state index contributed by atoms with van der Waals surface area (Å²) in [5, 5.41) is 0. The smallest absolute Gasteiger partial charge is 0.119 e. The van der Waals surface area contributed by atoms with Gasteiger partial charge in [-0.25, -0.2) is 0 Å². The van der Waals surface area contributed by atoms with Crippen LogP contribution in [0.25, 0.3) is 0 Å². The van der Waals surface area contributed by atoms with Gasteiger partial charge in [0.15, 0.2) is 0 Å². The predicted octanol–water partition coefficient (Wildman–Crippen LogP) is 5.24. The number of unbranched alkanes of at least 4 members (excludes halogenated alkanes) is 3. The lowest BCUT2D eigenvalue weighted by molar-refractivity contribution is 0.305. The van der Waals surface area contributed by atoms with Gasteiger partial charge in [-0.05, 0) is 49.6 Å². The normalized spacial score (nSPS) is 12.1. The van der Waals surface area contributed by atoms with E-state index in [1.54, 1.807) is 0 Å². The Kier molecular flexibility index (Phi) is 7.84. The lowest BCUT2D eigenvalue weighted by Crippen LogP contribution is -2.15. The highest BCUT2D eigenvalue weighted by molar-refractivity contribution is 5.31. The first kappa shape index (κ1) is 18.5. The summed E-state index contributed by atoms with van der Waals surface area (Å²) in [4.78, 5) is 0. The summed E-state index contributed by atoms with van der Waals surface area (Å²) in [6.45, 7) is 5.82. The molecule has 24 heavy (non-hydrogen) atoms. The Balaban J connectivity index is 1.86. The summed E-state index contributed by atoms with van der Waals surface area (Å²) in [6, 6.07) is 17.2. The van der Waals surface area contributed by atoms with Crippen molar-refractivity contribution in [1.82, 2.24) is 0 Å². The molecule has 0 aliphatic carbocycles. The Morgan fingerprint density at radius 2 is 1.62 bits per heavy atom. The quantitative estimate of drug-likeness (QED) is 0.606. The van der Waals surface area contributed by atoms with Gasteiger partial charge in [0.25, 0.3) is 0 Å². The molecule has 0 radical (unpaired) electrons. The van der Waals surface area contributed by atoms with Gasteiger partial charge in [0, 0.05) is 5.92 Å². The second-order valence-corrected chi connectivity index (χ2v) is 6.60. The molecule has 1 unspecified atom stereocenters. The molecule has 0 fully saturated rings. The zero-order valence-corrected chi connectivity index (χ0v) is 15.1. The van der Waals surface area contributed by atoms with Crippen LogP contribution < -0.4 is 10.5 Å². The fourth-order valence-electron chi connectivity index (χ4n) is 2.90. The van der Waals surface area contributed by atoms with Crippen LogP contribution in [0.1, 0.15) is 55.2 Å². The number of nitrogens with two attached hydrogens (primary N) is 1. The first-order chi connectivity index (χ1) is 11.7. The Morgan fingerprint density at radius 1 is 0.917 bits per heavy atom. The third kappa shape index (κ3) is 6.01. The second-order valence-electron chi connectivity index (χ2n) is 6.60. The van der Waals surface area contributed by atoms with E-state index >= 15 is 0 Å². The summed E-state index contributed by atoms with van der Waals surface area (Å²) in [5.41, 5.74) is 9.92. The van der Waals surface area contributed by atoms with Gasteiger partial charge in [0.1, 0.15) is 5.75 Å². The standard InChI is InChI=1S/C22H31NO/c1-3-4-5-6-15-24-22-13-9-19(10-14-22)16-21(17-23)20-11-7-18(2)8-12-20/h7-14,21H,3-6,15-17,23H2,1-2H3. The monoisotopic (exact) mass is 325 g/mol. The summed E-state index contributed by atoms with van der Waals surface area (Å²) < 4.78 is 5.81. The van der Waals surface area contributed by atoms with Crippen molar-refractivity contribution in [2.24, 2.45) is 5.73 Å². The summed E-state index contributed by atoms with van der Waals surface area (Å²) in [7, 11) is 0. The largest absolute Gasteiger partial charge is 0.494 e. The fraction of sp³-hybridized carbons (Fsp3) is 0.455. The number of aryl methyl sites for hydroxylation is 1. The van der Waals surface area contributed by atoms with Crippen molar-refractivity contribution in [3.63, 3.8) is 0 Å². The maximum Gasteiger partial charge on any atom is 0.119 e. The van der Waals surface area contributed by atoms with Crippen LogP contribution in [0.2, 0.25) is 0 Å². The zero-order chi connectivity index (χ0) is 17.2. The van der Waals surface area contributed by atoms with E-state index in [1.165, 1.54) is 36.0 Å². The van der Waals surface area contributed by atoms with Gasteiger partial charge in [-0.3, -0.25) is 0 Å². The van der Waals surface area contributed by atoms with Crippen LogP contribution in [-0.2, 0) is 6.42 Å². The van der Waals surface area contributed by atoms with Crippen molar-refractivity contribution >= 4 is 0 Å². The SMILES string of the molecule is CCCCCCOc1ccc(CC(CN)c2ccc(C)cc2)cc1. The van der Waals surface area contributed by atoms with Gasteiger partial charge >= 0.3 is 0 Å². The molecule has 0 spiro atoms. The van der Waals surface area contributed by atoms with Crippen molar-refractivity contribution in [1.29, 1.82) is 0 Å². The molecule has 2 aromatic rings. The van der Waals surface area contributed by atoms with Crippen molar-refractivity contribution in [3.8, 4) is 5.75 Å². The molecule has 2 N–H and O–H groups in total. The molecule has 0 saturated carbocycles. The second kappa shape index (κ2) is 10.1. The minimum Gasteiger partial charge on any atom is -0.494 e. The van der Waals surface area contributed by atoms with Crippen molar-refractivity contribution in [3.05, 3.63) is 65.2 Å². The Hall–Kier alpha value is -1.80. The predicted molar refractivity (Wildman–Crippen MR) is 103 cm³/mol. The van der Waals surface area contributed by atoms with E-state index in [1.807, 2.05) is 0 Å². The van der Waals surface area contributed by atoms with Crippen LogP contribution in [-0.4, -0.2) is 13.2 Å². The molecule has 0 bridgehead atoms. The van der Waals surface area contributed by atoms with E-state index in [2.05, 4.69) is 62.4 Å². The molecule has 2 heteroatoms. The molecule has 0 aromatic heterocycles. The minimum absolute atomic E-state index is 0.367. The van der Waals surface area contributed by atoms with Gasteiger partial charge in [-0.15, -0.1) is 0 Å². The highest BCUT2D eigenvalue weighted by Crippen LogP contribution is 2.22. The fourth-order valence-corrected chi connectivity index (χ4v) is 2.90. The van der Waals surface area contributed by atoms with Crippen LogP contribution in [0, 0.1) is 6.92 Å². The average Bonchev–Trinajstić information content (AvgIpc) is 2.61. The molecule has 2 rings (SSSR count). The number of hydrogen-bond donors (Lipinski definition) is 1. The van der Waals surface area contributed by atoms with E-state index in [0.717, 1.165) is 25.2 Å². The molecule has 130 valence electrons. The van der Waals surface area contributed by atoms with Crippen molar-refractivity contribution < 1.29 is 4.74 Å². The summed E-state index contributed by atoms with van der Waals surface area (Å²) >= 11 is 0. The Bertz CT molecular complexity index is 574.